The van der Waals surface area contributed by atoms with Crippen LogP contribution in [0, 0.1) is 17.8 Å². The number of rotatable bonds is 6. The molecule has 1 heterocycles. The second kappa shape index (κ2) is 9.03. The van der Waals surface area contributed by atoms with E-state index in [-0.39, 0.29) is 24.3 Å². The molecule has 27 heavy (non-hydrogen) atoms. The zero-order chi connectivity index (χ0) is 21.0. The molecule has 1 aliphatic heterocycles. The number of carboxylic acids is 1. The first-order valence-corrected chi connectivity index (χ1v) is 9.40. The highest BCUT2D eigenvalue weighted by Crippen LogP contribution is 2.30. The Kier molecular flexibility index (Phi) is 7.82. The molecular weight excluding hydrogens is 349 g/mol. The molecule has 1 N–H and O–H groups in total. The fraction of sp³-hybridized carbons (Fsp3) is 0.800. The third-order valence-electron chi connectivity index (χ3n) is 5.47. The second-order valence-electron chi connectivity index (χ2n) is 8.44. The molecule has 1 fully saturated rings. The number of hydrogen-bond acceptors (Lipinski definition) is 4. The summed E-state index contributed by atoms with van der Waals surface area (Å²) >= 11 is 0. The highest BCUT2D eigenvalue weighted by atomic mass is 19.1. The van der Waals surface area contributed by atoms with Crippen LogP contribution in [0.1, 0.15) is 40.5 Å². The van der Waals surface area contributed by atoms with Crippen LogP contribution in [0.2, 0.25) is 0 Å². The Labute approximate surface area is 162 Å². The maximum atomic E-state index is 15.2. The molecule has 0 spiro atoms. The number of carboxylic acid groups (broad SMARTS) is 1. The minimum Gasteiger partial charge on any atom is -0.480 e. The lowest BCUT2D eigenvalue weighted by atomic mass is 9.90. The molecule has 6 nitrogen and oxygen atoms in total. The van der Waals surface area contributed by atoms with Gasteiger partial charge in [-0.25, -0.2) is 9.18 Å². The van der Waals surface area contributed by atoms with Gasteiger partial charge in [0.05, 0.1) is 12.1 Å². The predicted molar refractivity (Wildman–Crippen MR) is 104 cm³/mol. The van der Waals surface area contributed by atoms with Gasteiger partial charge in [-0.15, -0.1) is 0 Å². The first-order valence-electron chi connectivity index (χ1n) is 9.40. The third-order valence-corrected chi connectivity index (χ3v) is 5.47. The number of halogens is 1. The average molecular weight is 384 g/mol. The topological polar surface area (TPSA) is 64.1 Å². The summed E-state index contributed by atoms with van der Waals surface area (Å²) in [5.41, 5.74) is -2.24. The zero-order valence-corrected chi connectivity index (χ0v) is 17.7. The van der Waals surface area contributed by atoms with E-state index < -0.39 is 23.6 Å². The van der Waals surface area contributed by atoms with Crippen molar-refractivity contribution in [1.82, 2.24) is 14.7 Å². The van der Waals surface area contributed by atoms with Crippen molar-refractivity contribution in [3.8, 4) is 11.8 Å². The number of piperidine rings is 1. The average Bonchev–Trinajstić information content (AvgIpc) is 2.55. The number of likely N-dealkylation sites (tertiary alicyclic amines) is 1. The lowest BCUT2D eigenvalue weighted by molar-refractivity contribution is -0.158. The fourth-order valence-corrected chi connectivity index (χ4v) is 3.10. The van der Waals surface area contributed by atoms with Crippen LogP contribution in [-0.2, 0) is 9.59 Å². The number of aliphatic carboxylic acids is 1. The minimum absolute atomic E-state index is 0.0549. The van der Waals surface area contributed by atoms with E-state index in [0.29, 0.717) is 19.6 Å². The van der Waals surface area contributed by atoms with Gasteiger partial charge >= 0.3 is 5.97 Å². The van der Waals surface area contributed by atoms with Gasteiger partial charge in [-0.3, -0.25) is 14.6 Å². The number of carbonyl (C=O) groups excluding carboxylic acids is 1. The summed E-state index contributed by atoms with van der Waals surface area (Å²) in [4.78, 5) is 29.2. The van der Waals surface area contributed by atoms with E-state index in [9.17, 15) is 14.7 Å². The minimum atomic E-state index is -2.01. The molecule has 1 rings (SSSR count). The van der Waals surface area contributed by atoms with Gasteiger partial charge in [0.15, 0.2) is 5.67 Å². The fourth-order valence-electron chi connectivity index (χ4n) is 3.10. The molecule has 1 amide bonds. The number of carbonyl (C=O) groups is 2. The van der Waals surface area contributed by atoms with Crippen molar-refractivity contribution in [3.05, 3.63) is 0 Å². The number of hydrogen-bond donors (Lipinski definition) is 1. The van der Waals surface area contributed by atoms with Crippen LogP contribution in [0.15, 0.2) is 0 Å². The van der Waals surface area contributed by atoms with Crippen molar-refractivity contribution in [2.45, 2.75) is 57.8 Å². The number of nitrogens with zero attached hydrogens (tertiary/aromatic N) is 3. The van der Waals surface area contributed by atoms with E-state index in [4.69, 9.17) is 0 Å². The summed E-state index contributed by atoms with van der Waals surface area (Å²) in [5, 5.41) is 9.35. The molecule has 0 aromatic heterocycles. The van der Waals surface area contributed by atoms with Crippen LogP contribution in [-0.4, -0.2) is 89.7 Å². The largest absolute Gasteiger partial charge is 0.480 e. The van der Waals surface area contributed by atoms with E-state index in [1.165, 1.54) is 7.05 Å². The Bertz CT molecular complexity index is 599. The number of amides is 1. The molecule has 1 atom stereocenters. The summed E-state index contributed by atoms with van der Waals surface area (Å²) in [6, 6.07) is -1.03. The summed E-state index contributed by atoms with van der Waals surface area (Å²) in [6.07, 6.45) is 0.110. The molecule has 0 aromatic carbocycles. The van der Waals surface area contributed by atoms with Crippen LogP contribution < -0.4 is 0 Å². The molecule has 1 unspecified atom stereocenters. The Morgan fingerprint density at radius 1 is 1.22 bits per heavy atom. The van der Waals surface area contributed by atoms with E-state index in [2.05, 4.69) is 11.8 Å². The molecule has 7 heteroatoms. The van der Waals surface area contributed by atoms with Gasteiger partial charge in [-0.1, -0.05) is 25.7 Å². The normalized spacial score (nSPS) is 18.7. The molecule has 0 bridgehead atoms. The molecule has 154 valence electrons. The van der Waals surface area contributed by atoms with Gasteiger partial charge < -0.3 is 10.0 Å². The van der Waals surface area contributed by atoms with Gasteiger partial charge in [0.25, 0.3) is 5.91 Å². The van der Waals surface area contributed by atoms with Crippen LogP contribution in [0.5, 0.6) is 0 Å². The maximum absolute atomic E-state index is 15.2. The van der Waals surface area contributed by atoms with Crippen molar-refractivity contribution >= 4 is 11.9 Å². The lowest BCUT2D eigenvalue weighted by Gasteiger charge is -2.38. The van der Waals surface area contributed by atoms with Gasteiger partial charge in [0, 0.05) is 33.0 Å². The Hall–Kier alpha value is -1.65. The van der Waals surface area contributed by atoms with E-state index in [1.807, 2.05) is 37.7 Å². The molecule has 0 aromatic rings. The van der Waals surface area contributed by atoms with Crippen molar-refractivity contribution in [1.29, 1.82) is 0 Å². The smallest absolute Gasteiger partial charge is 0.326 e. The Balaban J connectivity index is 2.70. The van der Waals surface area contributed by atoms with Crippen molar-refractivity contribution in [3.63, 3.8) is 0 Å². The molecule has 0 aliphatic carbocycles. The standard InChI is InChI=1S/C20H34FN3O3/c1-15(2)16(17(25)26)23(7)18(27)20(21)10-13-24(14-11-20)12-8-9-19(3,4)22(5)6/h15-16H,10-14H2,1-7H3,(H,25,26). The highest BCUT2D eigenvalue weighted by Gasteiger charge is 2.46. The Morgan fingerprint density at radius 3 is 2.15 bits per heavy atom. The molecule has 0 radical (unpaired) electrons. The van der Waals surface area contributed by atoms with E-state index in [1.54, 1.807) is 13.8 Å². The summed E-state index contributed by atoms with van der Waals surface area (Å²) in [7, 11) is 5.32. The first kappa shape index (κ1) is 23.4. The zero-order valence-electron chi connectivity index (χ0n) is 17.7. The molecular formula is C20H34FN3O3. The monoisotopic (exact) mass is 383 g/mol. The van der Waals surface area contributed by atoms with Crippen molar-refractivity contribution in [2.24, 2.45) is 5.92 Å². The maximum Gasteiger partial charge on any atom is 0.326 e. The van der Waals surface area contributed by atoms with Gasteiger partial charge in [0.2, 0.25) is 0 Å². The first-order chi connectivity index (χ1) is 12.3. The van der Waals surface area contributed by atoms with Gasteiger partial charge in [-0.2, -0.15) is 0 Å². The number of likely N-dealkylation sites (N-methyl/N-ethyl adjacent to an activating group) is 1. The van der Waals surface area contributed by atoms with Crippen molar-refractivity contribution in [2.75, 3.05) is 40.8 Å². The van der Waals surface area contributed by atoms with Gasteiger partial charge in [0.1, 0.15) is 6.04 Å². The molecule has 0 saturated carbocycles. The quantitative estimate of drug-likeness (QED) is 0.708. The van der Waals surface area contributed by atoms with E-state index >= 15 is 4.39 Å². The van der Waals surface area contributed by atoms with Crippen LogP contribution in [0.3, 0.4) is 0 Å². The Morgan fingerprint density at radius 2 is 1.74 bits per heavy atom. The number of alkyl halides is 1. The van der Waals surface area contributed by atoms with Crippen LogP contribution in [0.4, 0.5) is 4.39 Å². The molecule has 1 aliphatic rings. The summed E-state index contributed by atoms with van der Waals surface area (Å²) < 4.78 is 15.2. The van der Waals surface area contributed by atoms with Gasteiger partial charge in [-0.05, 0) is 33.9 Å². The third kappa shape index (κ3) is 5.91. The van der Waals surface area contributed by atoms with Crippen molar-refractivity contribution < 1.29 is 19.1 Å². The molecule has 1 saturated heterocycles. The highest BCUT2D eigenvalue weighted by molar-refractivity contribution is 5.89. The second-order valence-corrected chi connectivity index (χ2v) is 8.44. The predicted octanol–water partition coefficient (Wildman–Crippen LogP) is 1.70. The SMILES string of the molecule is CC(C)C(C(=O)O)N(C)C(=O)C1(F)CCN(CC#CC(C)(C)N(C)C)CC1. The lowest BCUT2D eigenvalue weighted by Crippen LogP contribution is -2.56. The summed E-state index contributed by atoms with van der Waals surface area (Å²) in [5.74, 6) is 4.21. The van der Waals surface area contributed by atoms with Crippen LogP contribution >= 0.6 is 0 Å². The summed E-state index contributed by atoms with van der Waals surface area (Å²) in [6.45, 7) is 8.87. The van der Waals surface area contributed by atoms with Crippen LogP contribution in [0.25, 0.3) is 0 Å². The van der Waals surface area contributed by atoms with E-state index in [0.717, 1.165) is 4.90 Å².